The van der Waals surface area contributed by atoms with Crippen molar-refractivity contribution in [3.05, 3.63) is 17.6 Å². The lowest BCUT2D eigenvalue weighted by atomic mass is 10.1. The van der Waals surface area contributed by atoms with Gasteiger partial charge in [-0.05, 0) is 19.8 Å². The third-order valence-electron chi connectivity index (χ3n) is 2.57. The van der Waals surface area contributed by atoms with Crippen molar-refractivity contribution in [2.45, 2.75) is 46.5 Å². The van der Waals surface area contributed by atoms with Gasteiger partial charge in [0.25, 0.3) is 0 Å². The molecule has 0 amide bonds. The summed E-state index contributed by atoms with van der Waals surface area (Å²) in [5, 5.41) is 3.25. The van der Waals surface area contributed by atoms with Gasteiger partial charge in [0, 0.05) is 24.2 Å². The molecular formula is C12H21N3. The minimum absolute atomic E-state index is 0.439. The molecule has 1 heterocycles. The van der Waals surface area contributed by atoms with Gasteiger partial charge in [-0.3, -0.25) is 0 Å². The van der Waals surface area contributed by atoms with E-state index in [2.05, 4.69) is 43.0 Å². The van der Waals surface area contributed by atoms with Gasteiger partial charge >= 0.3 is 0 Å². The Labute approximate surface area is 92.3 Å². The molecule has 1 aromatic heterocycles. The highest BCUT2D eigenvalue weighted by atomic mass is 15.0. The SMILES string of the molecule is CCNc1cc(CC)nc(C(C)CC)n1. The third-order valence-corrected chi connectivity index (χ3v) is 2.57. The Balaban J connectivity index is 2.99. The molecule has 84 valence electrons. The van der Waals surface area contributed by atoms with Crippen LogP contribution in [0.3, 0.4) is 0 Å². The first-order valence-corrected chi connectivity index (χ1v) is 5.82. The summed E-state index contributed by atoms with van der Waals surface area (Å²) in [5.74, 6) is 2.36. The van der Waals surface area contributed by atoms with Crippen LogP contribution in [-0.4, -0.2) is 16.5 Å². The van der Waals surface area contributed by atoms with Crippen LogP contribution in [0.15, 0.2) is 6.07 Å². The molecule has 3 heteroatoms. The van der Waals surface area contributed by atoms with E-state index in [0.29, 0.717) is 5.92 Å². The zero-order valence-electron chi connectivity index (χ0n) is 10.2. The Kier molecular flexibility index (Phi) is 4.53. The summed E-state index contributed by atoms with van der Waals surface area (Å²) in [5.41, 5.74) is 1.12. The molecule has 0 aliphatic heterocycles. The molecule has 0 saturated carbocycles. The van der Waals surface area contributed by atoms with Crippen LogP contribution in [0.5, 0.6) is 0 Å². The Morgan fingerprint density at radius 3 is 2.53 bits per heavy atom. The Morgan fingerprint density at radius 2 is 2.00 bits per heavy atom. The van der Waals surface area contributed by atoms with Crippen LogP contribution < -0.4 is 5.32 Å². The van der Waals surface area contributed by atoms with Crippen molar-refractivity contribution >= 4 is 5.82 Å². The van der Waals surface area contributed by atoms with Crippen molar-refractivity contribution in [1.29, 1.82) is 0 Å². The van der Waals surface area contributed by atoms with Gasteiger partial charge in [0.1, 0.15) is 11.6 Å². The minimum Gasteiger partial charge on any atom is -0.370 e. The van der Waals surface area contributed by atoms with Crippen molar-refractivity contribution in [2.24, 2.45) is 0 Å². The van der Waals surface area contributed by atoms with Crippen LogP contribution in [0.4, 0.5) is 5.82 Å². The number of rotatable bonds is 5. The second-order valence-electron chi connectivity index (χ2n) is 3.80. The maximum atomic E-state index is 4.55. The molecule has 0 aliphatic rings. The van der Waals surface area contributed by atoms with E-state index in [4.69, 9.17) is 0 Å². The molecule has 0 bridgehead atoms. The first kappa shape index (κ1) is 12.0. The number of aromatic nitrogens is 2. The van der Waals surface area contributed by atoms with Gasteiger partial charge in [0.05, 0.1) is 0 Å². The predicted molar refractivity (Wildman–Crippen MR) is 64.3 cm³/mol. The van der Waals surface area contributed by atoms with Gasteiger partial charge in [0.15, 0.2) is 0 Å². The van der Waals surface area contributed by atoms with Gasteiger partial charge in [-0.2, -0.15) is 0 Å². The van der Waals surface area contributed by atoms with Gasteiger partial charge in [-0.15, -0.1) is 0 Å². The Morgan fingerprint density at radius 1 is 1.27 bits per heavy atom. The monoisotopic (exact) mass is 207 g/mol. The van der Waals surface area contributed by atoms with Gasteiger partial charge in [-0.1, -0.05) is 20.8 Å². The van der Waals surface area contributed by atoms with E-state index >= 15 is 0 Å². The fourth-order valence-corrected chi connectivity index (χ4v) is 1.37. The van der Waals surface area contributed by atoms with Gasteiger partial charge < -0.3 is 5.32 Å². The molecule has 1 rings (SSSR count). The van der Waals surface area contributed by atoms with Gasteiger partial charge in [0.2, 0.25) is 0 Å². The smallest absolute Gasteiger partial charge is 0.133 e. The molecule has 0 aromatic carbocycles. The summed E-state index contributed by atoms with van der Waals surface area (Å²) in [7, 11) is 0. The standard InChI is InChI=1S/C12H21N3/c1-5-9(4)12-14-10(6-2)8-11(15-12)13-7-3/h8-9H,5-7H2,1-4H3,(H,13,14,15). The van der Waals surface area contributed by atoms with E-state index < -0.39 is 0 Å². The molecule has 15 heavy (non-hydrogen) atoms. The molecule has 1 aromatic rings. The summed E-state index contributed by atoms with van der Waals surface area (Å²) in [6.07, 6.45) is 2.04. The number of hydrogen-bond acceptors (Lipinski definition) is 3. The van der Waals surface area contributed by atoms with Crippen LogP contribution in [0, 0.1) is 0 Å². The van der Waals surface area contributed by atoms with E-state index in [1.165, 1.54) is 0 Å². The van der Waals surface area contributed by atoms with Crippen molar-refractivity contribution in [1.82, 2.24) is 9.97 Å². The lowest BCUT2D eigenvalue weighted by Gasteiger charge is -2.11. The van der Waals surface area contributed by atoms with Crippen molar-refractivity contribution < 1.29 is 0 Å². The molecule has 1 atom stereocenters. The normalized spacial score (nSPS) is 12.5. The number of nitrogens with one attached hydrogen (secondary N) is 1. The molecule has 1 unspecified atom stereocenters. The maximum absolute atomic E-state index is 4.55. The van der Waals surface area contributed by atoms with E-state index in [-0.39, 0.29) is 0 Å². The average molecular weight is 207 g/mol. The first-order valence-electron chi connectivity index (χ1n) is 5.82. The lowest BCUT2D eigenvalue weighted by Crippen LogP contribution is -2.07. The van der Waals surface area contributed by atoms with Crippen molar-refractivity contribution in [3.8, 4) is 0 Å². The quantitative estimate of drug-likeness (QED) is 0.806. The number of nitrogens with zero attached hydrogens (tertiary/aromatic N) is 2. The summed E-state index contributed by atoms with van der Waals surface area (Å²) in [4.78, 5) is 9.07. The molecule has 0 saturated heterocycles. The highest BCUT2D eigenvalue weighted by Gasteiger charge is 2.09. The van der Waals surface area contributed by atoms with Crippen molar-refractivity contribution in [2.75, 3.05) is 11.9 Å². The predicted octanol–water partition coefficient (Wildman–Crippen LogP) is 2.98. The van der Waals surface area contributed by atoms with Crippen LogP contribution >= 0.6 is 0 Å². The molecule has 0 spiro atoms. The fourth-order valence-electron chi connectivity index (χ4n) is 1.37. The molecule has 0 fully saturated rings. The summed E-state index contributed by atoms with van der Waals surface area (Å²) < 4.78 is 0. The number of hydrogen-bond donors (Lipinski definition) is 1. The summed E-state index contributed by atoms with van der Waals surface area (Å²) in [6, 6.07) is 2.04. The zero-order chi connectivity index (χ0) is 11.3. The average Bonchev–Trinajstić information content (AvgIpc) is 2.28. The van der Waals surface area contributed by atoms with E-state index in [0.717, 1.165) is 36.7 Å². The molecule has 1 N–H and O–H groups in total. The lowest BCUT2D eigenvalue weighted by molar-refractivity contribution is 0.672. The molecular weight excluding hydrogens is 186 g/mol. The highest BCUT2D eigenvalue weighted by molar-refractivity contribution is 5.36. The molecule has 3 nitrogen and oxygen atoms in total. The zero-order valence-corrected chi connectivity index (χ0v) is 10.2. The van der Waals surface area contributed by atoms with E-state index in [9.17, 15) is 0 Å². The first-order chi connectivity index (χ1) is 7.21. The van der Waals surface area contributed by atoms with Crippen LogP contribution in [-0.2, 0) is 6.42 Å². The topological polar surface area (TPSA) is 37.8 Å². The number of aryl methyl sites for hydroxylation is 1. The van der Waals surface area contributed by atoms with E-state index in [1.54, 1.807) is 0 Å². The van der Waals surface area contributed by atoms with Gasteiger partial charge in [-0.25, -0.2) is 9.97 Å². The number of anilines is 1. The van der Waals surface area contributed by atoms with Crippen LogP contribution in [0.1, 0.15) is 51.6 Å². The Bertz CT molecular complexity index is 310. The highest BCUT2D eigenvalue weighted by Crippen LogP contribution is 2.17. The largest absolute Gasteiger partial charge is 0.370 e. The third kappa shape index (κ3) is 3.18. The maximum Gasteiger partial charge on any atom is 0.133 e. The van der Waals surface area contributed by atoms with E-state index in [1.807, 2.05) is 6.07 Å². The minimum atomic E-state index is 0.439. The van der Waals surface area contributed by atoms with Crippen LogP contribution in [0.25, 0.3) is 0 Å². The summed E-state index contributed by atoms with van der Waals surface area (Å²) in [6.45, 7) is 9.44. The Hall–Kier alpha value is -1.12. The second-order valence-corrected chi connectivity index (χ2v) is 3.80. The van der Waals surface area contributed by atoms with Crippen molar-refractivity contribution in [3.63, 3.8) is 0 Å². The molecule has 0 aliphatic carbocycles. The fraction of sp³-hybridized carbons (Fsp3) is 0.667. The van der Waals surface area contributed by atoms with Crippen LogP contribution in [0.2, 0.25) is 0 Å². The second kappa shape index (κ2) is 5.69. The summed E-state index contributed by atoms with van der Waals surface area (Å²) >= 11 is 0. The molecule has 0 radical (unpaired) electrons.